The summed E-state index contributed by atoms with van der Waals surface area (Å²) < 4.78 is 1.43. The first-order valence-corrected chi connectivity index (χ1v) is 4.73. The second-order valence-corrected chi connectivity index (χ2v) is 3.81. The van der Waals surface area contributed by atoms with Gasteiger partial charge in [0, 0.05) is 13.0 Å². The van der Waals surface area contributed by atoms with Crippen LogP contribution in [-0.2, 0) is 7.05 Å². The maximum absolute atomic E-state index is 11.4. The number of rotatable bonds is 1. The zero-order valence-electron chi connectivity index (χ0n) is 8.90. The smallest absolute Gasteiger partial charge is 0.327 e. The van der Waals surface area contributed by atoms with Crippen LogP contribution in [0.1, 0.15) is 25.6 Å². The van der Waals surface area contributed by atoms with Crippen LogP contribution in [0.4, 0.5) is 5.82 Å². The largest absolute Gasteiger partial charge is 0.382 e. The molecular weight excluding hydrogens is 194 g/mol. The van der Waals surface area contributed by atoms with Gasteiger partial charge < -0.3 is 10.7 Å². The van der Waals surface area contributed by atoms with Crippen molar-refractivity contribution in [3.05, 3.63) is 16.3 Å². The average Bonchev–Trinajstić information content (AvgIpc) is 2.45. The predicted octanol–water partition coefficient (Wildman–Crippen LogP) is 0.362. The van der Waals surface area contributed by atoms with E-state index in [1.165, 1.54) is 4.57 Å². The summed E-state index contributed by atoms with van der Waals surface area (Å²) in [7, 11) is 1.65. The summed E-state index contributed by atoms with van der Waals surface area (Å²) in [5.41, 5.74) is 6.57. The molecular formula is C9H13N5O. The van der Waals surface area contributed by atoms with E-state index in [0.29, 0.717) is 22.8 Å². The molecule has 80 valence electrons. The molecule has 2 heterocycles. The van der Waals surface area contributed by atoms with Crippen LogP contribution < -0.4 is 11.4 Å². The third-order valence-electron chi connectivity index (χ3n) is 2.31. The van der Waals surface area contributed by atoms with Gasteiger partial charge in [-0.1, -0.05) is 13.8 Å². The first-order valence-electron chi connectivity index (χ1n) is 4.73. The molecule has 0 saturated heterocycles. The zero-order chi connectivity index (χ0) is 11.2. The predicted molar refractivity (Wildman–Crippen MR) is 57.6 cm³/mol. The van der Waals surface area contributed by atoms with Crippen molar-refractivity contribution in [2.75, 3.05) is 5.73 Å². The standard InChI is InChI=1S/C9H13N5O/c1-4(2)7-12-6(10)5-8(13-7)14(3)9(15)11-5/h4H,1-3H3,(H,11,15)(H2,10,12,13). The van der Waals surface area contributed by atoms with Crippen LogP contribution in [0, 0.1) is 0 Å². The number of fused-ring (bicyclic) bond motifs is 1. The Kier molecular flexibility index (Phi) is 1.99. The van der Waals surface area contributed by atoms with Gasteiger partial charge in [-0.15, -0.1) is 0 Å². The van der Waals surface area contributed by atoms with Crippen LogP contribution in [0.5, 0.6) is 0 Å². The second kappa shape index (κ2) is 3.08. The van der Waals surface area contributed by atoms with Crippen molar-refractivity contribution >= 4 is 17.0 Å². The summed E-state index contributed by atoms with van der Waals surface area (Å²) in [5.74, 6) is 1.15. The van der Waals surface area contributed by atoms with E-state index in [1.54, 1.807) is 7.05 Å². The molecule has 2 aromatic rings. The van der Waals surface area contributed by atoms with Crippen LogP contribution in [0.2, 0.25) is 0 Å². The Morgan fingerprint density at radius 3 is 2.67 bits per heavy atom. The molecule has 0 aromatic carbocycles. The molecule has 6 heteroatoms. The Hall–Kier alpha value is -1.85. The number of nitrogens with one attached hydrogen (secondary N) is 1. The molecule has 6 nitrogen and oxygen atoms in total. The monoisotopic (exact) mass is 207 g/mol. The van der Waals surface area contributed by atoms with Crippen molar-refractivity contribution in [2.45, 2.75) is 19.8 Å². The van der Waals surface area contributed by atoms with Crippen molar-refractivity contribution in [3.8, 4) is 0 Å². The number of nitrogen functional groups attached to an aromatic ring is 1. The fourth-order valence-corrected chi connectivity index (χ4v) is 1.39. The third kappa shape index (κ3) is 1.38. The van der Waals surface area contributed by atoms with E-state index in [4.69, 9.17) is 5.73 Å². The van der Waals surface area contributed by atoms with Crippen LogP contribution >= 0.6 is 0 Å². The van der Waals surface area contributed by atoms with E-state index in [0.717, 1.165) is 0 Å². The lowest BCUT2D eigenvalue weighted by Gasteiger charge is -2.04. The number of nitrogens with two attached hydrogens (primary N) is 1. The maximum Gasteiger partial charge on any atom is 0.327 e. The number of imidazole rings is 1. The van der Waals surface area contributed by atoms with Crippen LogP contribution in [-0.4, -0.2) is 19.5 Å². The third-order valence-corrected chi connectivity index (χ3v) is 2.31. The van der Waals surface area contributed by atoms with Crippen molar-refractivity contribution in [1.29, 1.82) is 0 Å². The Balaban J connectivity index is 2.85. The van der Waals surface area contributed by atoms with E-state index >= 15 is 0 Å². The second-order valence-electron chi connectivity index (χ2n) is 3.81. The highest BCUT2D eigenvalue weighted by Crippen LogP contribution is 2.17. The van der Waals surface area contributed by atoms with Gasteiger partial charge in [-0.05, 0) is 0 Å². The Labute approximate surface area is 86.2 Å². The molecule has 0 bridgehead atoms. The number of hydrogen-bond donors (Lipinski definition) is 2. The first-order chi connectivity index (χ1) is 7.00. The van der Waals surface area contributed by atoms with Gasteiger partial charge in [-0.3, -0.25) is 4.57 Å². The van der Waals surface area contributed by atoms with Gasteiger partial charge in [0.15, 0.2) is 11.5 Å². The number of aromatic nitrogens is 4. The van der Waals surface area contributed by atoms with Gasteiger partial charge in [0.05, 0.1) is 0 Å². The maximum atomic E-state index is 11.4. The lowest BCUT2D eigenvalue weighted by molar-refractivity contribution is 0.775. The summed E-state index contributed by atoms with van der Waals surface area (Å²) in [5, 5.41) is 0. The Bertz CT molecular complexity index is 566. The summed E-state index contributed by atoms with van der Waals surface area (Å²) in [4.78, 5) is 22.4. The summed E-state index contributed by atoms with van der Waals surface area (Å²) in [6, 6.07) is 0. The van der Waals surface area contributed by atoms with E-state index in [-0.39, 0.29) is 11.6 Å². The fourth-order valence-electron chi connectivity index (χ4n) is 1.39. The van der Waals surface area contributed by atoms with Crippen LogP contribution in [0.15, 0.2) is 4.79 Å². The van der Waals surface area contributed by atoms with Crippen molar-refractivity contribution in [2.24, 2.45) is 7.05 Å². The van der Waals surface area contributed by atoms with Gasteiger partial charge >= 0.3 is 5.69 Å². The van der Waals surface area contributed by atoms with Gasteiger partial charge in [0.25, 0.3) is 0 Å². The molecule has 2 rings (SSSR count). The lowest BCUT2D eigenvalue weighted by Crippen LogP contribution is -2.12. The fraction of sp³-hybridized carbons (Fsp3) is 0.444. The average molecular weight is 207 g/mol. The number of nitrogens with zero attached hydrogens (tertiary/aromatic N) is 3. The van der Waals surface area contributed by atoms with Crippen LogP contribution in [0.25, 0.3) is 11.2 Å². The van der Waals surface area contributed by atoms with Crippen molar-refractivity contribution < 1.29 is 0 Å². The van der Waals surface area contributed by atoms with Crippen molar-refractivity contribution in [1.82, 2.24) is 19.5 Å². The zero-order valence-corrected chi connectivity index (χ0v) is 8.90. The van der Waals surface area contributed by atoms with E-state index in [2.05, 4.69) is 15.0 Å². The molecule has 0 spiro atoms. The Morgan fingerprint density at radius 2 is 2.07 bits per heavy atom. The molecule has 15 heavy (non-hydrogen) atoms. The molecule has 0 amide bonds. The molecule has 0 unspecified atom stereocenters. The summed E-state index contributed by atoms with van der Waals surface area (Å²) >= 11 is 0. The molecule has 0 aliphatic carbocycles. The Morgan fingerprint density at radius 1 is 1.40 bits per heavy atom. The molecule has 3 N–H and O–H groups in total. The van der Waals surface area contributed by atoms with E-state index in [9.17, 15) is 4.79 Å². The summed E-state index contributed by atoms with van der Waals surface area (Å²) in [6.07, 6.45) is 0. The molecule has 0 aliphatic heterocycles. The van der Waals surface area contributed by atoms with Gasteiger partial charge in [0.2, 0.25) is 0 Å². The number of anilines is 1. The van der Waals surface area contributed by atoms with Gasteiger partial charge in [0.1, 0.15) is 11.3 Å². The van der Waals surface area contributed by atoms with Gasteiger partial charge in [-0.25, -0.2) is 14.8 Å². The van der Waals surface area contributed by atoms with Crippen LogP contribution in [0.3, 0.4) is 0 Å². The highest BCUT2D eigenvalue weighted by atomic mass is 16.1. The first kappa shape index (κ1) is 9.70. The molecule has 0 atom stereocenters. The molecule has 0 radical (unpaired) electrons. The summed E-state index contributed by atoms with van der Waals surface area (Å²) in [6.45, 7) is 3.96. The molecule has 0 fully saturated rings. The number of aromatic amines is 1. The minimum absolute atomic E-state index is 0.182. The topological polar surface area (TPSA) is 89.6 Å². The minimum atomic E-state index is -0.230. The quantitative estimate of drug-likeness (QED) is 0.706. The van der Waals surface area contributed by atoms with E-state index < -0.39 is 0 Å². The highest BCUT2D eigenvalue weighted by Gasteiger charge is 2.12. The lowest BCUT2D eigenvalue weighted by atomic mass is 10.2. The van der Waals surface area contributed by atoms with Gasteiger partial charge in [-0.2, -0.15) is 0 Å². The highest BCUT2D eigenvalue weighted by molar-refractivity contribution is 5.81. The number of H-pyrrole nitrogens is 1. The molecule has 0 aliphatic rings. The normalized spacial score (nSPS) is 11.5. The number of hydrogen-bond acceptors (Lipinski definition) is 4. The van der Waals surface area contributed by atoms with Crippen molar-refractivity contribution in [3.63, 3.8) is 0 Å². The minimum Gasteiger partial charge on any atom is -0.382 e. The number of aryl methyl sites for hydroxylation is 1. The van der Waals surface area contributed by atoms with E-state index in [1.807, 2.05) is 13.8 Å². The molecule has 0 saturated carbocycles. The SMILES string of the molecule is CC(C)c1nc(N)c2[nH]c(=O)n(C)c2n1. The molecule has 2 aromatic heterocycles.